The van der Waals surface area contributed by atoms with Crippen LogP contribution in [0.25, 0.3) is 6.08 Å². The number of thiol groups is 1. The molecule has 0 amide bonds. The molecular formula is C10H10FNO2S. The monoisotopic (exact) mass is 227 g/mol. The highest BCUT2D eigenvalue weighted by molar-refractivity contribution is 7.80. The van der Waals surface area contributed by atoms with Gasteiger partial charge in [-0.15, -0.1) is 0 Å². The van der Waals surface area contributed by atoms with Crippen molar-refractivity contribution in [1.29, 1.82) is 0 Å². The van der Waals surface area contributed by atoms with Gasteiger partial charge in [0, 0.05) is 6.07 Å². The van der Waals surface area contributed by atoms with Gasteiger partial charge in [0.05, 0.1) is 11.0 Å². The van der Waals surface area contributed by atoms with Gasteiger partial charge in [-0.05, 0) is 23.8 Å². The molecule has 0 bridgehead atoms. The highest BCUT2D eigenvalue weighted by Crippen LogP contribution is 2.17. The van der Waals surface area contributed by atoms with Crippen molar-refractivity contribution < 1.29 is 9.31 Å². The molecule has 0 spiro atoms. The average molecular weight is 227 g/mol. The number of hydrogen-bond acceptors (Lipinski definition) is 3. The number of nitro benzene ring substituents is 1. The minimum atomic E-state index is -0.612. The molecule has 15 heavy (non-hydrogen) atoms. The molecule has 0 aliphatic heterocycles. The van der Waals surface area contributed by atoms with Gasteiger partial charge in [0.1, 0.15) is 5.82 Å². The summed E-state index contributed by atoms with van der Waals surface area (Å²) in [5, 5.41) is 10.4. The molecule has 0 aliphatic rings. The van der Waals surface area contributed by atoms with Crippen molar-refractivity contribution in [3.8, 4) is 0 Å². The van der Waals surface area contributed by atoms with Crippen molar-refractivity contribution in [3.63, 3.8) is 0 Å². The smallest absolute Gasteiger partial charge is 0.258 e. The summed E-state index contributed by atoms with van der Waals surface area (Å²) in [5.41, 5.74) is 0.254. The van der Waals surface area contributed by atoms with Gasteiger partial charge in [0.15, 0.2) is 0 Å². The number of nitrogens with zero attached hydrogens (tertiary/aromatic N) is 1. The van der Waals surface area contributed by atoms with Crippen LogP contribution in [0.3, 0.4) is 0 Å². The van der Waals surface area contributed by atoms with Gasteiger partial charge in [-0.3, -0.25) is 10.1 Å². The van der Waals surface area contributed by atoms with Crippen LogP contribution in [0.1, 0.15) is 12.0 Å². The van der Waals surface area contributed by atoms with Crippen LogP contribution in [0, 0.1) is 15.9 Å². The molecular weight excluding hydrogens is 217 g/mol. The number of benzene rings is 1. The fourth-order valence-corrected chi connectivity index (χ4v) is 1.24. The van der Waals surface area contributed by atoms with E-state index in [1.165, 1.54) is 12.1 Å². The van der Waals surface area contributed by atoms with Crippen molar-refractivity contribution in [2.75, 3.05) is 5.75 Å². The summed E-state index contributed by atoms with van der Waals surface area (Å²) in [4.78, 5) is 9.83. The second kappa shape index (κ2) is 5.50. The predicted octanol–water partition coefficient (Wildman–Crippen LogP) is 3.07. The van der Waals surface area contributed by atoms with E-state index in [0.29, 0.717) is 11.3 Å². The van der Waals surface area contributed by atoms with Gasteiger partial charge in [0.25, 0.3) is 5.69 Å². The maximum atomic E-state index is 12.9. The number of hydrogen-bond donors (Lipinski definition) is 1. The van der Waals surface area contributed by atoms with E-state index in [1.54, 1.807) is 12.2 Å². The lowest BCUT2D eigenvalue weighted by molar-refractivity contribution is -0.385. The first-order valence-electron chi connectivity index (χ1n) is 4.36. The van der Waals surface area contributed by atoms with Crippen molar-refractivity contribution in [3.05, 3.63) is 45.8 Å². The third-order valence-electron chi connectivity index (χ3n) is 1.72. The summed E-state index contributed by atoms with van der Waals surface area (Å²) >= 11 is 4.01. The maximum absolute atomic E-state index is 12.9. The summed E-state index contributed by atoms with van der Waals surface area (Å²) in [7, 11) is 0. The maximum Gasteiger partial charge on any atom is 0.272 e. The topological polar surface area (TPSA) is 43.1 Å². The Morgan fingerprint density at radius 3 is 2.80 bits per heavy atom. The second-order valence-electron chi connectivity index (χ2n) is 2.91. The van der Waals surface area contributed by atoms with Crippen molar-refractivity contribution in [1.82, 2.24) is 0 Å². The average Bonchev–Trinajstić information content (AvgIpc) is 2.17. The lowest BCUT2D eigenvalue weighted by atomic mass is 10.1. The highest BCUT2D eigenvalue weighted by Gasteiger charge is 2.07. The Hall–Kier alpha value is -1.36. The SMILES string of the molecule is O=[N+]([O-])c1cc(F)cc(C=CCCS)c1. The molecule has 80 valence electrons. The lowest BCUT2D eigenvalue weighted by Gasteiger charge is -1.95. The molecule has 0 unspecified atom stereocenters. The van der Waals surface area contributed by atoms with E-state index in [0.717, 1.165) is 12.5 Å². The number of allylic oxidation sites excluding steroid dienone is 1. The van der Waals surface area contributed by atoms with Crippen molar-refractivity contribution >= 4 is 24.4 Å². The summed E-state index contributed by atoms with van der Waals surface area (Å²) in [6, 6.07) is 3.48. The Bertz CT molecular complexity index is 393. The zero-order chi connectivity index (χ0) is 11.3. The van der Waals surface area contributed by atoms with E-state index in [2.05, 4.69) is 12.6 Å². The van der Waals surface area contributed by atoms with Crippen LogP contribution in [0.15, 0.2) is 24.3 Å². The van der Waals surface area contributed by atoms with Gasteiger partial charge in [-0.2, -0.15) is 12.6 Å². The number of nitro groups is 1. The van der Waals surface area contributed by atoms with Gasteiger partial charge in [-0.25, -0.2) is 4.39 Å². The molecule has 1 aromatic carbocycles. The number of rotatable bonds is 4. The summed E-state index contributed by atoms with van der Waals surface area (Å²) in [5.74, 6) is 0.0863. The number of halogens is 1. The van der Waals surface area contributed by atoms with Gasteiger partial charge in [0.2, 0.25) is 0 Å². The normalized spacial score (nSPS) is 10.8. The molecule has 5 heteroatoms. The molecule has 1 aromatic rings. The molecule has 0 radical (unpaired) electrons. The number of non-ortho nitro benzene ring substituents is 1. The van der Waals surface area contributed by atoms with Crippen LogP contribution < -0.4 is 0 Å². The summed E-state index contributed by atoms with van der Waals surface area (Å²) < 4.78 is 12.9. The van der Waals surface area contributed by atoms with Crippen LogP contribution in [-0.2, 0) is 0 Å². The highest BCUT2D eigenvalue weighted by atomic mass is 32.1. The van der Waals surface area contributed by atoms with Gasteiger partial charge < -0.3 is 0 Å². The molecule has 1 rings (SSSR count). The fraction of sp³-hybridized carbons (Fsp3) is 0.200. The Kier molecular flexibility index (Phi) is 4.30. The summed E-state index contributed by atoms with van der Waals surface area (Å²) in [6.45, 7) is 0. The van der Waals surface area contributed by atoms with Crippen LogP contribution >= 0.6 is 12.6 Å². The largest absolute Gasteiger partial charge is 0.272 e. The third-order valence-corrected chi connectivity index (χ3v) is 1.98. The lowest BCUT2D eigenvalue weighted by Crippen LogP contribution is -1.90. The standard InChI is InChI=1S/C10H10FNO2S/c11-9-5-8(3-1-2-4-15)6-10(7-9)12(13)14/h1,3,5-7,15H,2,4H2. The second-order valence-corrected chi connectivity index (χ2v) is 3.36. The van der Waals surface area contributed by atoms with Gasteiger partial charge >= 0.3 is 0 Å². The third kappa shape index (κ3) is 3.71. The fourth-order valence-electron chi connectivity index (χ4n) is 1.09. The molecule has 0 aliphatic carbocycles. The first-order chi connectivity index (χ1) is 7.13. The Balaban J connectivity index is 2.93. The predicted molar refractivity (Wildman–Crippen MR) is 60.6 cm³/mol. The van der Waals surface area contributed by atoms with E-state index in [1.807, 2.05) is 0 Å². The molecule has 0 heterocycles. The molecule has 3 nitrogen and oxygen atoms in total. The van der Waals surface area contributed by atoms with Gasteiger partial charge in [-0.1, -0.05) is 12.2 Å². The molecule has 0 N–H and O–H groups in total. The first kappa shape index (κ1) is 11.7. The van der Waals surface area contributed by atoms with E-state index in [4.69, 9.17) is 0 Å². The molecule has 0 saturated heterocycles. The first-order valence-corrected chi connectivity index (χ1v) is 4.99. The van der Waals surface area contributed by atoms with E-state index in [9.17, 15) is 14.5 Å². The Morgan fingerprint density at radius 2 is 2.20 bits per heavy atom. The van der Waals surface area contributed by atoms with E-state index in [-0.39, 0.29) is 5.69 Å². The Morgan fingerprint density at radius 1 is 1.47 bits per heavy atom. The molecule has 0 fully saturated rings. The molecule has 0 atom stereocenters. The Labute approximate surface area is 92.2 Å². The minimum absolute atomic E-state index is 0.236. The zero-order valence-electron chi connectivity index (χ0n) is 7.89. The molecule has 0 aromatic heterocycles. The zero-order valence-corrected chi connectivity index (χ0v) is 8.78. The van der Waals surface area contributed by atoms with E-state index < -0.39 is 10.7 Å². The van der Waals surface area contributed by atoms with Crippen LogP contribution in [0.2, 0.25) is 0 Å². The van der Waals surface area contributed by atoms with Crippen LogP contribution in [-0.4, -0.2) is 10.7 Å². The summed E-state index contributed by atoms with van der Waals surface area (Å²) in [6.07, 6.45) is 4.19. The van der Waals surface area contributed by atoms with Crippen molar-refractivity contribution in [2.45, 2.75) is 6.42 Å². The van der Waals surface area contributed by atoms with Crippen molar-refractivity contribution in [2.24, 2.45) is 0 Å². The van der Waals surface area contributed by atoms with Crippen LogP contribution in [0.5, 0.6) is 0 Å². The quantitative estimate of drug-likeness (QED) is 0.488. The van der Waals surface area contributed by atoms with Crippen LogP contribution in [0.4, 0.5) is 10.1 Å². The van der Waals surface area contributed by atoms with E-state index >= 15 is 0 Å². The molecule has 0 saturated carbocycles. The minimum Gasteiger partial charge on any atom is -0.258 e.